The Balaban J connectivity index is 2.64. The molecule has 2 N–H and O–H groups in total. The van der Waals surface area contributed by atoms with Gasteiger partial charge in [-0.25, -0.2) is 0 Å². The quantitative estimate of drug-likeness (QED) is 0.746. The molecule has 1 aromatic rings. The minimum Gasteiger partial charge on any atom is -0.369 e. The Morgan fingerprint density at radius 3 is 2.24 bits per heavy atom. The van der Waals surface area contributed by atoms with Crippen molar-refractivity contribution in [2.45, 2.75) is 13.8 Å². The van der Waals surface area contributed by atoms with Crippen molar-refractivity contribution in [1.29, 1.82) is 0 Å². The molecule has 92 valence electrons. The van der Waals surface area contributed by atoms with E-state index in [0.29, 0.717) is 12.1 Å². The summed E-state index contributed by atoms with van der Waals surface area (Å²) >= 11 is 0. The zero-order valence-electron chi connectivity index (χ0n) is 10.3. The Morgan fingerprint density at radius 1 is 1.18 bits per heavy atom. The van der Waals surface area contributed by atoms with E-state index in [1.807, 2.05) is 26.0 Å². The van der Waals surface area contributed by atoms with Crippen LogP contribution in [0.3, 0.4) is 0 Å². The molecule has 0 spiro atoms. The van der Waals surface area contributed by atoms with Crippen LogP contribution in [0, 0.1) is 6.92 Å². The molecule has 1 amide bonds. The van der Waals surface area contributed by atoms with Crippen LogP contribution < -0.4 is 5.73 Å². The lowest BCUT2D eigenvalue weighted by Gasteiger charge is -2.17. The van der Waals surface area contributed by atoms with Crippen LogP contribution in [0.15, 0.2) is 24.3 Å². The summed E-state index contributed by atoms with van der Waals surface area (Å²) in [6.45, 7) is 4.84. The van der Waals surface area contributed by atoms with Gasteiger partial charge in [0.15, 0.2) is 5.78 Å². The van der Waals surface area contributed by atoms with Crippen LogP contribution in [0.5, 0.6) is 0 Å². The van der Waals surface area contributed by atoms with Gasteiger partial charge >= 0.3 is 0 Å². The Labute approximate surface area is 101 Å². The number of nitrogens with zero attached hydrogens (tertiary/aromatic N) is 1. The van der Waals surface area contributed by atoms with Crippen molar-refractivity contribution >= 4 is 11.7 Å². The number of benzene rings is 1. The van der Waals surface area contributed by atoms with E-state index in [1.165, 1.54) is 0 Å². The summed E-state index contributed by atoms with van der Waals surface area (Å²) in [6, 6.07) is 7.40. The molecule has 0 aliphatic carbocycles. The second kappa shape index (κ2) is 6.15. The molecule has 17 heavy (non-hydrogen) atoms. The number of nitrogens with two attached hydrogens (primary N) is 1. The lowest BCUT2D eigenvalue weighted by Crippen LogP contribution is -2.37. The number of carbonyl (C=O) groups is 2. The average molecular weight is 234 g/mol. The van der Waals surface area contributed by atoms with Crippen molar-refractivity contribution in [3.8, 4) is 0 Å². The molecule has 0 saturated heterocycles. The molecule has 1 rings (SSSR count). The molecule has 0 aliphatic heterocycles. The predicted molar refractivity (Wildman–Crippen MR) is 66.8 cm³/mol. The van der Waals surface area contributed by atoms with Gasteiger partial charge in [0, 0.05) is 5.56 Å². The first-order valence-electron chi connectivity index (χ1n) is 5.63. The summed E-state index contributed by atoms with van der Waals surface area (Å²) in [5, 5.41) is 0. The molecule has 0 unspecified atom stereocenters. The van der Waals surface area contributed by atoms with Gasteiger partial charge < -0.3 is 5.73 Å². The van der Waals surface area contributed by atoms with Crippen molar-refractivity contribution in [2.24, 2.45) is 5.73 Å². The first-order chi connectivity index (χ1) is 8.02. The average Bonchev–Trinajstić information content (AvgIpc) is 2.28. The van der Waals surface area contributed by atoms with Crippen LogP contribution >= 0.6 is 0 Å². The van der Waals surface area contributed by atoms with Gasteiger partial charge in [0.05, 0.1) is 13.1 Å². The van der Waals surface area contributed by atoms with E-state index in [2.05, 4.69) is 0 Å². The van der Waals surface area contributed by atoms with Crippen LogP contribution in [0.2, 0.25) is 0 Å². The van der Waals surface area contributed by atoms with Crippen molar-refractivity contribution in [3.63, 3.8) is 0 Å². The fourth-order valence-electron chi connectivity index (χ4n) is 1.53. The maximum absolute atomic E-state index is 11.9. The topological polar surface area (TPSA) is 63.4 Å². The number of hydrogen-bond donors (Lipinski definition) is 1. The van der Waals surface area contributed by atoms with Gasteiger partial charge in [0.2, 0.25) is 5.91 Å². The minimum absolute atomic E-state index is 0.00750. The second-order valence-corrected chi connectivity index (χ2v) is 4.06. The first-order valence-corrected chi connectivity index (χ1v) is 5.63. The summed E-state index contributed by atoms with van der Waals surface area (Å²) in [5.74, 6) is -0.406. The second-order valence-electron chi connectivity index (χ2n) is 4.06. The number of Topliss-reactive ketones (excluding diaryl/α,β-unsaturated/α-hetero) is 1. The van der Waals surface area contributed by atoms with Crippen molar-refractivity contribution < 1.29 is 9.59 Å². The van der Waals surface area contributed by atoms with Crippen LogP contribution in [0.1, 0.15) is 22.8 Å². The highest BCUT2D eigenvalue weighted by Crippen LogP contribution is 2.05. The highest BCUT2D eigenvalue weighted by Gasteiger charge is 2.12. The zero-order valence-corrected chi connectivity index (χ0v) is 10.3. The molecule has 0 bridgehead atoms. The molecule has 0 atom stereocenters. The van der Waals surface area contributed by atoms with E-state index in [9.17, 15) is 9.59 Å². The molecule has 0 aliphatic rings. The lowest BCUT2D eigenvalue weighted by molar-refractivity contribution is -0.118. The normalized spacial score (nSPS) is 10.5. The fraction of sp³-hybridized carbons (Fsp3) is 0.385. The summed E-state index contributed by atoms with van der Waals surface area (Å²) in [7, 11) is 0. The van der Waals surface area contributed by atoms with Crippen LogP contribution in [-0.2, 0) is 4.79 Å². The van der Waals surface area contributed by atoms with Gasteiger partial charge in [-0.1, -0.05) is 36.8 Å². The van der Waals surface area contributed by atoms with Crippen molar-refractivity contribution in [1.82, 2.24) is 4.90 Å². The SMILES string of the molecule is CCN(CC(N)=O)CC(=O)c1ccc(C)cc1. The number of amides is 1. The highest BCUT2D eigenvalue weighted by molar-refractivity contribution is 5.97. The predicted octanol–water partition coefficient (Wildman–Crippen LogP) is 0.985. The molecule has 0 aromatic heterocycles. The molecule has 0 radical (unpaired) electrons. The van der Waals surface area contributed by atoms with Crippen molar-refractivity contribution in [2.75, 3.05) is 19.6 Å². The van der Waals surface area contributed by atoms with E-state index in [1.54, 1.807) is 17.0 Å². The van der Waals surface area contributed by atoms with Crippen LogP contribution in [0.4, 0.5) is 0 Å². The number of hydrogen-bond acceptors (Lipinski definition) is 3. The highest BCUT2D eigenvalue weighted by atomic mass is 16.1. The summed E-state index contributed by atoms with van der Waals surface area (Å²) < 4.78 is 0. The van der Waals surface area contributed by atoms with Gasteiger partial charge in [-0.15, -0.1) is 0 Å². The van der Waals surface area contributed by atoms with E-state index in [0.717, 1.165) is 5.56 Å². The monoisotopic (exact) mass is 234 g/mol. The number of carbonyl (C=O) groups excluding carboxylic acids is 2. The Bertz CT molecular complexity index is 398. The largest absolute Gasteiger partial charge is 0.369 e. The first kappa shape index (κ1) is 13.4. The third kappa shape index (κ3) is 4.36. The summed E-state index contributed by atoms with van der Waals surface area (Å²) in [6.07, 6.45) is 0. The number of aryl methyl sites for hydroxylation is 1. The fourth-order valence-corrected chi connectivity index (χ4v) is 1.53. The molecule has 1 aromatic carbocycles. The third-order valence-corrected chi connectivity index (χ3v) is 2.57. The summed E-state index contributed by atoms with van der Waals surface area (Å²) in [5.41, 5.74) is 6.89. The van der Waals surface area contributed by atoms with Gasteiger partial charge in [0.1, 0.15) is 0 Å². The van der Waals surface area contributed by atoms with E-state index < -0.39 is 5.91 Å². The standard InChI is InChI=1S/C13H18N2O2/c1-3-15(9-13(14)17)8-12(16)11-6-4-10(2)5-7-11/h4-7H,3,8-9H2,1-2H3,(H2,14,17). The zero-order chi connectivity index (χ0) is 12.8. The number of ketones is 1. The maximum atomic E-state index is 11.9. The number of primary amides is 1. The Morgan fingerprint density at radius 2 is 1.76 bits per heavy atom. The van der Waals surface area contributed by atoms with Gasteiger partial charge in [-0.2, -0.15) is 0 Å². The molecule has 4 heteroatoms. The van der Waals surface area contributed by atoms with E-state index in [-0.39, 0.29) is 18.9 Å². The van der Waals surface area contributed by atoms with Crippen LogP contribution in [0.25, 0.3) is 0 Å². The minimum atomic E-state index is -0.413. The van der Waals surface area contributed by atoms with E-state index in [4.69, 9.17) is 5.73 Å². The smallest absolute Gasteiger partial charge is 0.231 e. The Hall–Kier alpha value is -1.68. The molecule has 0 fully saturated rings. The number of likely N-dealkylation sites (N-methyl/N-ethyl adjacent to an activating group) is 1. The van der Waals surface area contributed by atoms with Crippen LogP contribution in [-0.4, -0.2) is 36.2 Å². The van der Waals surface area contributed by atoms with Gasteiger partial charge in [0.25, 0.3) is 0 Å². The van der Waals surface area contributed by atoms with E-state index >= 15 is 0 Å². The van der Waals surface area contributed by atoms with Crippen molar-refractivity contribution in [3.05, 3.63) is 35.4 Å². The molecular formula is C13H18N2O2. The van der Waals surface area contributed by atoms with Gasteiger partial charge in [-0.3, -0.25) is 14.5 Å². The number of rotatable bonds is 6. The lowest BCUT2D eigenvalue weighted by atomic mass is 10.1. The molecule has 0 saturated carbocycles. The Kier molecular flexibility index (Phi) is 4.84. The third-order valence-electron chi connectivity index (χ3n) is 2.57. The summed E-state index contributed by atoms with van der Waals surface area (Å²) in [4.78, 5) is 24.4. The molecule has 0 heterocycles. The molecular weight excluding hydrogens is 216 g/mol. The maximum Gasteiger partial charge on any atom is 0.231 e. The molecule has 4 nitrogen and oxygen atoms in total. The van der Waals surface area contributed by atoms with Gasteiger partial charge in [-0.05, 0) is 13.5 Å².